The van der Waals surface area contributed by atoms with E-state index in [1.54, 1.807) is 12.1 Å². The molecular weight excluding hydrogens is 246 g/mol. The number of hydrogen-bond acceptors (Lipinski definition) is 3. The SMILES string of the molecule is CCC(C)NC(=O)COc1cc(C)ccc1C(=O)O. The van der Waals surface area contributed by atoms with Crippen LogP contribution in [0.3, 0.4) is 0 Å². The molecule has 0 heterocycles. The van der Waals surface area contributed by atoms with Crippen LogP contribution in [0.25, 0.3) is 0 Å². The third-order valence-corrected chi connectivity index (χ3v) is 2.75. The number of amides is 1. The highest BCUT2D eigenvalue weighted by atomic mass is 16.5. The summed E-state index contributed by atoms with van der Waals surface area (Å²) < 4.78 is 5.29. The summed E-state index contributed by atoms with van der Waals surface area (Å²) in [7, 11) is 0. The van der Waals surface area contributed by atoms with Gasteiger partial charge in [0.25, 0.3) is 5.91 Å². The fourth-order valence-corrected chi connectivity index (χ4v) is 1.49. The number of carboxylic acids is 1. The molecule has 1 unspecified atom stereocenters. The van der Waals surface area contributed by atoms with Gasteiger partial charge in [-0.1, -0.05) is 13.0 Å². The molecule has 0 bridgehead atoms. The van der Waals surface area contributed by atoms with Crippen LogP contribution >= 0.6 is 0 Å². The average Bonchev–Trinajstić information content (AvgIpc) is 2.35. The van der Waals surface area contributed by atoms with Crippen molar-refractivity contribution in [1.82, 2.24) is 5.32 Å². The van der Waals surface area contributed by atoms with Crippen LogP contribution in [0, 0.1) is 6.92 Å². The van der Waals surface area contributed by atoms with Gasteiger partial charge < -0.3 is 15.2 Å². The van der Waals surface area contributed by atoms with E-state index in [4.69, 9.17) is 9.84 Å². The Bertz CT molecular complexity index is 471. The average molecular weight is 265 g/mol. The molecule has 0 saturated carbocycles. The molecule has 2 N–H and O–H groups in total. The van der Waals surface area contributed by atoms with Crippen LogP contribution < -0.4 is 10.1 Å². The van der Waals surface area contributed by atoms with Gasteiger partial charge >= 0.3 is 5.97 Å². The lowest BCUT2D eigenvalue weighted by molar-refractivity contribution is -0.123. The van der Waals surface area contributed by atoms with Crippen LogP contribution in [0.2, 0.25) is 0 Å². The summed E-state index contributed by atoms with van der Waals surface area (Å²) in [6, 6.07) is 4.85. The van der Waals surface area contributed by atoms with Crippen molar-refractivity contribution < 1.29 is 19.4 Å². The highest BCUT2D eigenvalue weighted by molar-refractivity contribution is 5.91. The van der Waals surface area contributed by atoms with E-state index in [0.717, 1.165) is 12.0 Å². The molecule has 1 rings (SSSR count). The molecule has 0 fully saturated rings. The molecule has 19 heavy (non-hydrogen) atoms. The fourth-order valence-electron chi connectivity index (χ4n) is 1.49. The summed E-state index contributed by atoms with van der Waals surface area (Å²) in [6.45, 7) is 5.51. The second-order valence-electron chi connectivity index (χ2n) is 4.47. The zero-order valence-electron chi connectivity index (χ0n) is 11.4. The molecule has 0 spiro atoms. The second kappa shape index (κ2) is 6.78. The summed E-state index contributed by atoms with van der Waals surface area (Å²) in [5.41, 5.74) is 0.935. The minimum absolute atomic E-state index is 0.0574. The van der Waals surface area contributed by atoms with Gasteiger partial charge in [0.05, 0.1) is 0 Å². The van der Waals surface area contributed by atoms with Crippen LogP contribution in [-0.2, 0) is 4.79 Å². The largest absolute Gasteiger partial charge is 0.483 e. The van der Waals surface area contributed by atoms with E-state index in [-0.39, 0.29) is 29.9 Å². The highest BCUT2D eigenvalue weighted by Gasteiger charge is 2.13. The van der Waals surface area contributed by atoms with E-state index in [1.165, 1.54) is 6.07 Å². The predicted octanol–water partition coefficient (Wildman–Crippen LogP) is 1.99. The number of aromatic carboxylic acids is 1. The van der Waals surface area contributed by atoms with Gasteiger partial charge in [0, 0.05) is 6.04 Å². The lowest BCUT2D eigenvalue weighted by atomic mass is 10.1. The predicted molar refractivity (Wildman–Crippen MR) is 71.5 cm³/mol. The Labute approximate surface area is 112 Å². The number of rotatable bonds is 6. The lowest BCUT2D eigenvalue weighted by Crippen LogP contribution is -2.35. The smallest absolute Gasteiger partial charge is 0.339 e. The molecule has 0 saturated heterocycles. The van der Waals surface area contributed by atoms with E-state index in [1.807, 2.05) is 20.8 Å². The van der Waals surface area contributed by atoms with Gasteiger partial charge in [-0.25, -0.2) is 4.79 Å². The maximum absolute atomic E-state index is 11.6. The number of ether oxygens (including phenoxy) is 1. The first-order valence-electron chi connectivity index (χ1n) is 6.20. The van der Waals surface area contributed by atoms with Crippen LogP contribution in [0.4, 0.5) is 0 Å². The first-order valence-corrected chi connectivity index (χ1v) is 6.20. The first-order chi connectivity index (χ1) is 8.93. The maximum atomic E-state index is 11.6. The normalized spacial score (nSPS) is 11.7. The Morgan fingerprint density at radius 2 is 2.11 bits per heavy atom. The Morgan fingerprint density at radius 1 is 1.42 bits per heavy atom. The van der Waals surface area contributed by atoms with Crippen molar-refractivity contribution >= 4 is 11.9 Å². The Kier molecular flexibility index (Phi) is 5.36. The van der Waals surface area contributed by atoms with Crippen molar-refractivity contribution in [3.63, 3.8) is 0 Å². The van der Waals surface area contributed by atoms with Crippen molar-refractivity contribution in [2.45, 2.75) is 33.2 Å². The van der Waals surface area contributed by atoms with Gasteiger partial charge in [0.15, 0.2) is 6.61 Å². The van der Waals surface area contributed by atoms with Crippen molar-refractivity contribution in [3.8, 4) is 5.75 Å². The van der Waals surface area contributed by atoms with Crippen molar-refractivity contribution in [1.29, 1.82) is 0 Å². The molecule has 1 atom stereocenters. The topological polar surface area (TPSA) is 75.6 Å². The lowest BCUT2D eigenvalue weighted by Gasteiger charge is -2.13. The Morgan fingerprint density at radius 3 is 2.68 bits per heavy atom. The summed E-state index contributed by atoms with van der Waals surface area (Å²) in [6.07, 6.45) is 0.830. The molecule has 0 aromatic heterocycles. The number of aryl methyl sites for hydroxylation is 1. The van der Waals surface area contributed by atoms with E-state index >= 15 is 0 Å². The van der Waals surface area contributed by atoms with E-state index in [9.17, 15) is 9.59 Å². The summed E-state index contributed by atoms with van der Waals surface area (Å²) in [5.74, 6) is -1.11. The molecular formula is C14H19NO4. The molecule has 1 amide bonds. The molecule has 1 aromatic rings. The number of nitrogens with one attached hydrogen (secondary N) is 1. The molecule has 104 valence electrons. The van der Waals surface area contributed by atoms with E-state index in [0.29, 0.717) is 0 Å². The standard InChI is InChI=1S/C14H19NO4/c1-4-10(3)15-13(16)8-19-12-7-9(2)5-6-11(12)14(17)18/h5-7,10H,4,8H2,1-3H3,(H,15,16)(H,17,18). The molecule has 0 aliphatic rings. The summed E-state index contributed by atoms with van der Waals surface area (Å²) >= 11 is 0. The molecule has 5 nitrogen and oxygen atoms in total. The zero-order valence-corrected chi connectivity index (χ0v) is 11.4. The molecule has 0 radical (unpaired) electrons. The van der Waals surface area contributed by atoms with Crippen LogP contribution in [-0.4, -0.2) is 29.6 Å². The van der Waals surface area contributed by atoms with Gasteiger partial charge in [-0.2, -0.15) is 0 Å². The van der Waals surface area contributed by atoms with E-state index < -0.39 is 5.97 Å². The fraction of sp³-hybridized carbons (Fsp3) is 0.429. The van der Waals surface area contributed by atoms with Gasteiger partial charge in [-0.3, -0.25) is 4.79 Å². The second-order valence-corrected chi connectivity index (χ2v) is 4.47. The molecule has 0 aliphatic heterocycles. The summed E-state index contributed by atoms with van der Waals surface area (Å²) in [5, 5.41) is 11.8. The number of carboxylic acid groups (broad SMARTS) is 1. The Balaban J connectivity index is 2.69. The molecule has 5 heteroatoms. The third-order valence-electron chi connectivity index (χ3n) is 2.75. The maximum Gasteiger partial charge on any atom is 0.339 e. The van der Waals surface area contributed by atoms with Gasteiger partial charge in [0.2, 0.25) is 0 Å². The van der Waals surface area contributed by atoms with Crippen molar-refractivity contribution in [2.75, 3.05) is 6.61 Å². The van der Waals surface area contributed by atoms with Crippen molar-refractivity contribution in [2.24, 2.45) is 0 Å². The Hall–Kier alpha value is -2.04. The van der Waals surface area contributed by atoms with Crippen molar-refractivity contribution in [3.05, 3.63) is 29.3 Å². The number of benzene rings is 1. The summed E-state index contributed by atoms with van der Waals surface area (Å²) in [4.78, 5) is 22.6. The minimum atomic E-state index is -1.07. The molecule has 1 aromatic carbocycles. The third kappa shape index (κ3) is 4.62. The number of hydrogen-bond donors (Lipinski definition) is 2. The van der Waals surface area contributed by atoms with Gasteiger partial charge in [-0.05, 0) is 38.0 Å². The number of carbonyl (C=O) groups is 2. The first kappa shape index (κ1) is 15.0. The number of carbonyl (C=O) groups excluding carboxylic acids is 1. The minimum Gasteiger partial charge on any atom is -0.483 e. The quantitative estimate of drug-likeness (QED) is 0.824. The highest BCUT2D eigenvalue weighted by Crippen LogP contribution is 2.20. The van der Waals surface area contributed by atoms with Gasteiger partial charge in [0.1, 0.15) is 11.3 Å². The van der Waals surface area contributed by atoms with E-state index in [2.05, 4.69) is 5.32 Å². The van der Waals surface area contributed by atoms with Gasteiger partial charge in [-0.15, -0.1) is 0 Å². The zero-order chi connectivity index (χ0) is 14.4. The monoisotopic (exact) mass is 265 g/mol. The molecule has 0 aliphatic carbocycles. The van der Waals surface area contributed by atoms with Crippen LogP contribution in [0.15, 0.2) is 18.2 Å². The van der Waals surface area contributed by atoms with Crippen LogP contribution in [0.5, 0.6) is 5.75 Å². The van der Waals surface area contributed by atoms with Crippen LogP contribution in [0.1, 0.15) is 36.2 Å².